The summed E-state index contributed by atoms with van der Waals surface area (Å²) in [7, 11) is 0. The van der Waals surface area contributed by atoms with Gasteiger partial charge < -0.3 is 11.1 Å². The molecule has 20 heavy (non-hydrogen) atoms. The zero-order chi connectivity index (χ0) is 15.1. The number of carbonyl (C=O) groups is 2. The Labute approximate surface area is 126 Å². The van der Waals surface area contributed by atoms with E-state index < -0.39 is 12.1 Å². The molecule has 0 aliphatic heterocycles. The first-order valence-corrected chi connectivity index (χ1v) is 8.34. The summed E-state index contributed by atoms with van der Waals surface area (Å²) >= 11 is 2.92. The number of nitrogens with two attached hydrogens (primary N) is 1. The Morgan fingerprint density at radius 3 is 2.60 bits per heavy atom. The van der Waals surface area contributed by atoms with Crippen molar-refractivity contribution in [1.29, 1.82) is 0 Å². The van der Waals surface area contributed by atoms with Gasteiger partial charge in [-0.05, 0) is 18.4 Å². The molecule has 0 bridgehead atoms. The van der Waals surface area contributed by atoms with E-state index in [0.717, 1.165) is 10.8 Å². The van der Waals surface area contributed by atoms with Crippen LogP contribution in [-0.2, 0) is 4.79 Å². The van der Waals surface area contributed by atoms with Gasteiger partial charge in [-0.15, -0.1) is 10.2 Å². The average molecular weight is 317 g/mol. The Kier molecular flexibility index (Phi) is 6.73. The van der Waals surface area contributed by atoms with Gasteiger partial charge in [0.25, 0.3) is 0 Å². The van der Waals surface area contributed by atoms with Crippen molar-refractivity contribution in [2.45, 2.75) is 32.2 Å². The average Bonchev–Trinajstić information content (AvgIpc) is 2.82. The molecule has 0 aliphatic carbocycles. The highest BCUT2D eigenvalue weighted by Crippen LogP contribution is 2.22. The van der Waals surface area contributed by atoms with E-state index >= 15 is 0 Å². The zero-order valence-electron chi connectivity index (χ0n) is 11.7. The lowest BCUT2D eigenvalue weighted by molar-refractivity contribution is -0.117. The molecule has 1 unspecified atom stereocenters. The molecular weight excluding hydrogens is 298 g/mol. The van der Waals surface area contributed by atoms with Gasteiger partial charge in [-0.25, -0.2) is 4.79 Å². The number of aromatic nitrogens is 2. The fourth-order valence-corrected chi connectivity index (χ4v) is 2.61. The normalized spacial score (nSPS) is 12.2. The summed E-state index contributed by atoms with van der Waals surface area (Å²) in [6.07, 6.45) is 2.44. The number of nitrogens with one attached hydrogen (secondary N) is 2. The standard InChI is InChI=1S/C11H19N5O2S2/c1-6(2)9-15-16-11(20-9)14-8(17)7(4-5-19-3)13-10(12)18/h6-7H,4-5H2,1-3H3,(H3,12,13,18)(H,14,16,17). The van der Waals surface area contributed by atoms with Gasteiger partial charge in [0.1, 0.15) is 11.0 Å². The van der Waals surface area contributed by atoms with Crippen LogP contribution in [0.2, 0.25) is 0 Å². The molecule has 0 saturated heterocycles. The molecule has 3 amide bonds. The molecule has 1 aromatic heterocycles. The molecule has 0 aromatic carbocycles. The van der Waals surface area contributed by atoms with Crippen LogP contribution in [0.1, 0.15) is 31.2 Å². The first-order chi connectivity index (χ1) is 9.43. The van der Waals surface area contributed by atoms with Gasteiger partial charge in [0, 0.05) is 5.92 Å². The molecule has 1 heterocycles. The van der Waals surface area contributed by atoms with E-state index in [0.29, 0.717) is 11.6 Å². The molecule has 0 spiro atoms. The molecular formula is C11H19N5O2S2. The molecule has 0 saturated carbocycles. The number of hydrogen-bond acceptors (Lipinski definition) is 6. The lowest BCUT2D eigenvalue weighted by atomic mass is 10.2. The van der Waals surface area contributed by atoms with E-state index in [4.69, 9.17) is 5.73 Å². The van der Waals surface area contributed by atoms with E-state index in [1.54, 1.807) is 11.8 Å². The van der Waals surface area contributed by atoms with Crippen LogP contribution in [-0.4, -0.2) is 40.2 Å². The molecule has 112 valence electrons. The third-order valence-corrected chi connectivity index (χ3v) is 4.19. The minimum atomic E-state index is -0.716. The number of primary amides is 1. The van der Waals surface area contributed by atoms with E-state index in [2.05, 4.69) is 20.8 Å². The molecule has 1 aromatic rings. The first-order valence-electron chi connectivity index (χ1n) is 6.13. The highest BCUT2D eigenvalue weighted by Gasteiger charge is 2.21. The Morgan fingerprint density at radius 2 is 2.10 bits per heavy atom. The highest BCUT2D eigenvalue weighted by molar-refractivity contribution is 7.98. The second-order valence-electron chi connectivity index (χ2n) is 4.43. The van der Waals surface area contributed by atoms with Crippen LogP contribution >= 0.6 is 23.1 Å². The van der Waals surface area contributed by atoms with Gasteiger partial charge >= 0.3 is 6.03 Å². The van der Waals surface area contributed by atoms with Gasteiger partial charge in [-0.1, -0.05) is 25.2 Å². The lowest BCUT2D eigenvalue weighted by Gasteiger charge is -2.15. The van der Waals surface area contributed by atoms with Crippen molar-refractivity contribution >= 4 is 40.2 Å². The lowest BCUT2D eigenvalue weighted by Crippen LogP contribution is -2.46. The quantitative estimate of drug-likeness (QED) is 0.704. The van der Waals surface area contributed by atoms with Crippen molar-refractivity contribution in [3.63, 3.8) is 0 Å². The van der Waals surface area contributed by atoms with Crippen LogP contribution in [0.25, 0.3) is 0 Å². The summed E-state index contributed by atoms with van der Waals surface area (Å²) in [5.74, 6) is 0.671. The maximum atomic E-state index is 12.1. The van der Waals surface area contributed by atoms with Crippen molar-refractivity contribution in [3.8, 4) is 0 Å². The number of nitrogens with zero attached hydrogens (tertiary/aromatic N) is 2. The van der Waals surface area contributed by atoms with Crippen molar-refractivity contribution in [1.82, 2.24) is 15.5 Å². The summed E-state index contributed by atoms with van der Waals surface area (Å²) in [6.45, 7) is 4.00. The monoisotopic (exact) mass is 317 g/mol. The summed E-state index contributed by atoms with van der Waals surface area (Å²) in [4.78, 5) is 23.0. The maximum absolute atomic E-state index is 12.1. The number of hydrogen-bond donors (Lipinski definition) is 3. The van der Waals surface area contributed by atoms with Crippen LogP contribution in [0.5, 0.6) is 0 Å². The van der Waals surface area contributed by atoms with E-state index in [1.165, 1.54) is 11.3 Å². The highest BCUT2D eigenvalue weighted by atomic mass is 32.2. The maximum Gasteiger partial charge on any atom is 0.312 e. The number of rotatable bonds is 7. The number of anilines is 1. The van der Waals surface area contributed by atoms with Crippen LogP contribution in [0.3, 0.4) is 0 Å². The molecule has 0 aliphatic rings. The predicted octanol–water partition coefficient (Wildman–Crippen LogP) is 1.39. The Balaban J connectivity index is 2.65. The summed E-state index contributed by atoms with van der Waals surface area (Å²) in [5, 5.41) is 14.3. The molecule has 7 nitrogen and oxygen atoms in total. The number of thioether (sulfide) groups is 1. The van der Waals surface area contributed by atoms with E-state index in [1.807, 2.05) is 20.1 Å². The van der Waals surface area contributed by atoms with Crippen molar-refractivity contribution in [2.75, 3.05) is 17.3 Å². The van der Waals surface area contributed by atoms with Gasteiger partial charge in [0.2, 0.25) is 11.0 Å². The van der Waals surface area contributed by atoms with Crippen LogP contribution in [0, 0.1) is 0 Å². The van der Waals surface area contributed by atoms with Gasteiger partial charge in [-0.2, -0.15) is 11.8 Å². The van der Waals surface area contributed by atoms with Crippen molar-refractivity contribution < 1.29 is 9.59 Å². The predicted molar refractivity (Wildman–Crippen MR) is 82.1 cm³/mol. The third-order valence-electron chi connectivity index (χ3n) is 2.41. The molecule has 4 N–H and O–H groups in total. The largest absolute Gasteiger partial charge is 0.352 e. The van der Waals surface area contributed by atoms with Crippen molar-refractivity contribution in [3.05, 3.63) is 5.01 Å². The number of carbonyl (C=O) groups excluding carboxylic acids is 2. The summed E-state index contributed by atoms with van der Waals surface area (Å²) < 4.78 is 0. The molecule has 1 rings (SSSR count). The van der Waals surface area contributed by atoms with Crippen molar-refractivity contribution in [2.24, 2.45) is 5.73 Å². The Hall–Kier alpha value is -1.35. The first kappa shape index (κ1) is 16.7. The van der Waals surface area contributed by atoms with Crippen LogP contribution in [0.15, 0.2) is 0 Å². The second-order valence-corrected chi connectivity index (χ2v) is 6.43. The van der Waals surface area contributed by atoms with Gasteiger partial charge in [0.15, 0.2) is 0 Å². The van der Waals surface area contributed by atoms with Crippen LogP contribution < -0.4 is 16.4 Å². The topological polar surface area (TPSA) is 110 Å². The summed E-state index contributed by atoms with van der Waals surface area (Å²) in [6, 6.07) is -1.38. The Bertz CT molecular complexity index is 463. The summed E-state index contributed by atoms with van der Waals surface area (Å²) in [5.41, 5.74) is 5.08. The minimum Gasteiger partial charge on any atom is -0.352 e. The van der Waals surface area contributed by atoms with Gasteiger partial charge in [-0.3, -0.25) is 10.1 Å². The number of amides is 3. The van der Waals surface area contributed by atoms with Gasteiger partial charge in [0.05, 0.1) is 0 Å². The third kappa shape index (κ3) is 5.33. The fourth-order valence-electron chi connectivity index (χ4n) is 1.39. The SMILES string of the molecule is CSCCC(NC(N)=O)C(=O)Nc1nnc(C(C)C)s1. The molecule has 1 atom stereocenters. The molecule has 0 radical (unpaired) electrons. The Morgan fingerprint density at radius 1 is 1.40 bits per heavy atom. The van der Waals surface area contributed by atoms with E-state index in [9.17, 15) is 9.59 Å². The molecule has 0 fully saturated rings. The molecule has 9 heteroatoms. The second kappa shape index (κ2) is 8.05. The smallest absolute Gasteiger partial charge is 0.312 e. The zero-order valence-corrected chi connectivity index (χ0v) is 13.3. The minimum absolute atomic E-state index is 0.259. The fraction of sp³-hybridized carbons (Fsp3) is 0.636. The van der Waals surface area contributed by atoms with Crippen LogP contribution in [0.4, 0.5) is 9.93 Å². The number of urea groups is 1. The van der Waals surface area contributed by atoms with E-state index in [-0.39, 0.29) is 11.8 Å².